The Morgan fingerprint density at radius 2 is 0.812 bits per heavy atom. The number of benzene rings is 1. The molecule has 0 aliphatic carbocycles. The van der Waals surface area contributed by atoms with E-state index >= 15 is 0 Å². The molecule has 0 bridgehead atoms. The van der Waals surface area contributed by atoms with Crippen molar-refractivity contribution in [1.82, 2.24) is 0 Å². The fourth-order valence-corrected chi connectivity index (χ4v) is 12.1. The van der Waals surface area contributed by atoms with Gasteiger partial charge in [0.15, 0.2) is 0 Å². The van der Waals surface area contributed by atoms with E-state index in [2.05, 4.69) is 114 Å². The standard InChI is InChI=1S/2C9H21P.C8H10S.2ClH.Ru/c2*1-7(2)10(8(3)4)9(5)6;1-2-9-8-6-4-3-5-7-8;;;/h2*7-9H,1-6H3;3-7H,2H2,1H3;2*1H;/q;;;;;+6/p-2. The smallest absolute Gasteiger partial charge is 1.00 e. The zero-order valence-electron chi connectivity index (χ0n) is 23.0. The third kappa shape index (κ3) is 22.1. The Kier molecular flexibility index (Phi) is 35.1. The van der Waals surface area contributed by atoms with Crippen molar-refractivity contribution in [3.63, 3.8) is 0 Å². The average Bonchev–Trinajstić information content (AvgIpc) is 2.54. The van der Waals surface area contributed by atoms with E-state index in [0.717, 1.165) is 39.7 Å². The maximum absolute atomic E-state index is 2.35. The van der Waals surface area contributed by atoms with Gasteiger partial charge in [0.1, 0.15) is 0 Å². The number of rotatable bonds is 8. The number of halogens is 2. The molecule has 6 heteroatoms. The van der Waals surface area contributed by atoms with Gasteiger partial charge in [-0.15, -0.1) is 11.8 Å². The van der Waals surface area contributed by atoms with Crippen LogP contribution in [0.4, 0.5) is 0 Å². The molecule has 1 aromatic rings. The van der Waals surface area contributed by atoms with Crippen molar-refractivity contribution < 1.29 is 44.3 Å². The van der Waals surface area contributed by atoms with E-state index in [1.165, 1.54) is 4.90 Å². The summed E-state index contributed by atoms with van der Waals surface area (Å²) >= 11 is 1.88. The van der Waals surface area contributed by atoms with Crippen LogP contribution in [0.1, 0.15) is 90.0 Å². The van der Waals surface area contributed by atoms with E-state index in [9.17, 15) is 0 Å². The minimum Gasteiger partial charge on any atom is -1.00 e. The van der Waals surface area contributed by atoms with Crippen molar-refractivity contribution >= 4 is 27.6 Å². The minimum absolute atomic E-state index is 0. The first-order valence-corrected chi connectivity index (χ1v) is 15.7. The van der Waals surface area contributed by atoms with Gasteiger partial charge in [-0.25, -0.2) is 0 Å². The maximum Gasteiger partial charge on any atom is 6.00 e. The van der Waals surface area contributed by atoms with Crippen LogP contribution in [0.3, 0.4) is 0 Å². The Morgan fingerprint density at radius 3 is 0.969 bits per heavy atom. The number of thioether (sulfide) groups is 1. The zero-order chi connectivity index (χ0) is 23.1. The Labute approximate surface area is 235 Å². The van der Waals surface area contributed by atoms with Crippen molar-refractivity contribution in [3.8, 4) is 0 Å². The van der Waals surface area contributed by atoms with Gasteiger partial charge in [-0.2, -0.15) is 0 Å². The van der Waals surface area contributed by atoms with E-state index < -0.39 is 0 Å². The molecule has 32 heavy (non-hydrogen) atoms. The van der Waals surface area contributed by atoms with Crippen molar-refractivity contribution in [2.45, 2.75) is 129 Å². The molecule has 0 spiro atoms. The summed E-state index contributed by atoms with van der Waals surface area (Å²) in [6.45, 7) is 30.4. The van der Waals surface area contributed by atoms with Crippen molar-refractivity contribution in [2.24, 2.45) is 0 Å². The van der Waals surface area contributed by atoms with E-state index in [0.29, 0.717) is 0 Å². The van der Waals surface area contributed by atoms with E-state index in [1.807, 2.05) is 17.8 Å². The van der Waals surface area contributed by atoms with Crippen LogP contribution in [-0.2, 0) is 19.5 Å². The second-order valence-corrected chi connectivity index (χ2v) is 18.5. The van der Waals surface area contributed by atoms with Crippen LogP contribution in [0.25, 0.3) is 0 Å². The Morgan fingerprint density at radius 1 is 0.562 bits per heavy atom. The average molecular weight is 631 g/mol. The monoisotopic (exact) mass is 630 g/mol. The minimum atomic E-state index is 0. The number of hydrogen-bond donors (Lipinski definition) is 0. The van der Waals surface area contributed by atoms with Gasteiger partial charge in [-0.1, -0.05) is 124 Å². The van der Waals surface area contributed by atoms with Gasteiger partial charge >= 0.3 is 19.5 Å². The molecule has 0 aliphatic rings. The van der Waals surface area contributed by atoms with Gasteiger partial charge in [0.25, 0.3) is 0 Å². The molecule has 1 aromatic carbocycles. The third-order valence-electron chi connectivity index (χ3n) is 4.63. The molecule has 0 aromatic heterocycles. The van der Waals surface area contributed by atoms with Crippen molar-refractivity contribution in [3.05, 3.63) is 30.3 Å². The van der Waals surface area contributed by atoms with Crippen LogP contribution in [0, 0.1) is 0 Å². The summed E-state index contributed by atoms with van der Waals surface area (Å²) in [4.78, 5) is 1.36. The van der Waals surface area contributed by atoms with Crippen molar-refractivity contribution in [2.75, 3.05) is 5.75 Å². The SMILES string of the molecule is CC(C)P(C(C)C)C(C)C.CC(C)P(C(C)C)C(C)C.CCSc1ccccc1.[Cl-].[Cl-].[Ru+6]. The Balaban J connectivity index is -0.000000109. The molecule has 0 amide bonds. The molecule has 0 radical (unpaired) electrons. The second kappa shape index (κ2) is 25.7. The summed E-state index contributed by atoms with van der Waals surface area (Å²) in [6.07, 6.45) is 0. The predicted molar refractivity (Wildman–Crippen MR) is 147 cm³/mol. The van der Waals surface area contributed by atoms with Gasteiger partial charge in [-0.05, 0) is 51.8 Å². The summed E-state index contributed by atoms with van der Waals surface area (Å²) < 4.78 is 0. The molecule has 0 atom stereocenters. The first-order valence-electron chi connectivity index (χ1n) is 11.6. The summed E-state index contributed by atoms with van der Waals surface area (Å²) in [6, 6.07) is 10.4. The first kappa shape index (κ1) is 43.7. The van der Waals surface area contributed by atoms with Crippen LogP contribution in [0.15, 0.2) is 35.2 Å². The fraction of sp³-hybridized carbons (Fsp3) is 0.769. The molecule has 190 valence electrons. The number of hydrogen-bond acceptors (Lipinski definition) is 1. The van der Waals surface area contributed by atoms with Crippen LogP contribution in [0.2, 0.25) is 0 Å². The second-order valence-electron chi connectivity index (χ2n) is 9.20. The molecule has 0 unspecified atom stereocenters. The summed E-state index contributed by atoms with van der Waals surface area (Å²) in [7, 11) is 0.525. The van der Waals surface area contributed by atoms with Gasteiger partial charge in [0, 0.05) is 4.90 Å². The molecule has 0 fully saturated rings. The summed E-state index contributed by atoms with van der Waals surface area (Å²) in [5, 5.41) is 0. The first-order chi connectivity index (χ1) is 13.4. The van der Waals surface area contributed by atoms with Gasteiger partial charge in [0.05, 0.1) is 0 Å². The molecule has 0 heterocycles. The zero-order valence-corrected chi connectivity index (χ0v) is 28.8. The topological polar surface area (TPSA) is 0 Å². The van der Waals surface area contributed by atoms with E-state index in [-0.39, 0.29) is 60.1 Å². The van der Waals surface area contributed by atoms with Crippen LogP contribution < -0.4 is 24.8 Å². The third-order valence-corrected chi connectivity index (χ3v) is 12.7. The largest absolute Gasteiger partial charge is 6.00 e. The normalized spacial score (nSPS) is 10.5. The van der Waals surface area contributed by atoms with Gasteiger partial charge in [0.2, 0.25) is 0 Å². The van der Waals surface area contributed by atoms with E-state index in [4.69, 9.17) is 0 Å². The van der Waals surface area contributed by atoms with Crippen LogP contribution in [-0.4, -0.2) is 39.7 Å². The Hall–Kier alpha value is 1.63. The molecule has 0 saturated heterocycles. The van der Waals surface area contributed by atoms with Crippen LogP contribution in [0.5, 0.6) is 0 Å². The van der Waals surface area contributed by atoms with Gasteiger partial charge in [-0.3, -0.25) is 0 Å². The maximum atomic E-state index is 2.35. The van der Waals surface area contributed by atoms with Gasteiger partial charge < -0.3 is 24.8 Å². The predicted octanol–water partition coefficient (Wildman–Crippen LogP) is 4.19. The van der Waals surface area contributed by atoms with E-state index in [1.54, 1.807) is 0 Å². The summed E-state index contributed by atoms with van der Waals surface area (Å²) in [5.74, 6) is 1.16. The Bertz CT molecular complexity index is 422. The molecule has 0 aliphatic heterocycles. The molecular weight excluding hydrogens is 578 g/mol. The fourth-order valence-electron chi connectivity index (χ4n) is 4.26. The van der Waals surface area contributed by atoms with Crippen LogP contribution >= 0.6 is 27.6 Å². The molecule has 1 rings (SSSR count). The molecule has 0 N–H and O–H groups in total. The quantitative estimate of drug-likeness (QED) is 0.236. The molecular formula is C26H52Cl2P2RuS+4. The van der Waals surface area contributed by atoms with Crippen molar-refractivity contribution in [1.29, 1.82) is 0 Å². The molecule has 0 saturated carbocycles. The summed E-state index contributed by atoms with van der Waals surface area (Å²) in [5.41, 5.74) is 5.39. The molecule has 0 nitrogen and oxygen atoms in total.